The Kier molecular flexibility index (Phi) is 7.62. The first kappa shape index (κ1) is 26.4. The molecule has 2 aromatic rings. The quantitative estimate of drug-likeness (QED) is 0.278. The average molecular weight is 496 g/mol. The molecule has 0 radical (unpaired) electrons. The van der Waals surface area contributed by atoms with E-state index >= 15 is 0 Å². The summed E-state index contributed by atoms with van der Waals surface area (Å²) in [4.78, 5) is 11.8. The van der Waals surface area contributed by atoms with Crippen molar-refractivity contribution in [2.24, 2.45) is 0 Å². The van der Waals surface area contributed by atoms with E-state index in [9.17, 15) is 35.5 Å². The molecule has 180 valence electrons. The number of aryl methyl sites for hydroxylation is 2. The van der Waals surface area contributed by atoms with Gasteiger partial charge in [0.1, 0.15) is 0 Å². The Balaban J connectivity index is 2.31. The summed E-state index contributed by atoms with van der Waals surface area (Å²) in [7, 11) is 0. The number of hydrogen-bond donors (Lipinski definition) is 2. The second-order valence-electron chi connectivity index (χ2n) is 7.02. The molecule has 0 atom stereocenters. The van der Waals surface area contributed by atoms with Gasteiger partial charge >= 0.3 is 24.0 Å². The molecule has 2 rings (SSSR count). The molecule has 0 heterocycles. The van der Waals surface area contributed by atoms with Crippen LogP contribution >= 0.6 is 12.2 Å². The summed E-state index contributed by atoms with van der Waals surface area (Å²) in [6.07, 6.45) is -12.4. The molecule has 0 fully saturated rings. The van der Waals surface area contributed by atoms with E-state index in [0.717, 1.165) is 0 Å². The van der Waals surface area contributed by atoms with Crippen molar-refractivity contribution in [2.45, 2.75) is 38.8 Å². The fourth-order valence-electron chi connectivity index (χ4n) is 3.06. The van der Waals surface area contributed by atoms with Gasteiger partial charge in [0.25, 0.3) is 0 Å². The lowest BCUT2D eigenvalue weighted by Gasteiger charge is -2.31. The molecule has 0 unspecified atom stereocenters. The molecule has 0 amide bonds. The van der Waals surface area contributed by atoms with Gasteiger partial charge in [-0.05, 0) is 62.3 Å². The van der Waals surface area contributed by atoms with Crippen LogP contribution in [0.5, 0.6) is 0 Å². The standard InChI is InChI=1S/C21H19F7N2O2S/c1-4-32-17(31)13-6-5-7-15(10-13)29-18(33)30-16-11(2)8-14(9-12(16)3)19(22,20(23,24)25)21(26,27)28/h5-10H,4H2,1-3H3,(H2,29,30,33). The lowest BCUT2D eigenvalue weighted by atomic mass is 9.90. The van der Waals surface area contributed by atoms with Crippen LogP contribution in [0.4, 0.5) is 42.1 Å². The van der Waals surface area contributed by atoms with Crippen molar-refractivity contribution in [3.05, 3.63) is 58.7 Å². The van der Waals surface area contributed by atoms with Crippen molar-refractivity contribution in [3.63, 3.8) is 0 Å². The van der Waals surface area contributed by atoms with Crippen LogP contribution in [0.15, 0.2) is 36.4 Å². The van der Waals surface area contributed by atoms with Gasteiger partial charge in [-0.15, -0.1) is 0 Å². The van der Waals surface area contributed by atoms with Crippen molar-refractivity contribution in [1.82, 2.24) is 0 Å². The second-order valence-corrected chi connectivity index (χ2v) is 7.43. The van der Waals surface area contributed by atoms with E-state index in [-0.39, 0.29) is 34.1 Å². The predicted molar refractivity (Wildman–Crippen MR) is 113 cm³/mol. The number of hydrogen-bond acceptors (Lipinski definition) is 3. The van der Waals surface area contributed by atoms with Crippen molar-refractivity contribution < 1.29 is 40.3 Å². The molecule has 4 nitrogen and oxygen atoms in total. The van der Waals surface area contributed by atoms with E-state index in [1.807, 2.05) is 0 Å². The maximum atomic E-state index is 14.4. The van der Waals surface area contributed by atoms with E-state index in [4.69, 9.17) is 17.0 Å². The molecule has 0 spiro atoms. The van der Waals surface area contributed by atoms with E-state index in [2.05, 4.69) is 10.6 Å². The maximum Gasteiger partial charge on any atom is 0.435 e. The lowest BCUT2D eigenvalue weighted by molar-refractivity contribution is -0.348. The Labute approximate surface area is 190 Å². The van der Waals surface area contributed by atoms with E-state index < -0.39 is 29.6 Å². The molecular weight excluding hydrogens is 477 g/mol. The van der Waals surface area contributed by atoms with E-state index in [1.54, 1.807) is 19.1 Å². The minimum absolute atomic E-state index is 0.0619. The third-order valence-corrected chi connectivity index (χ3v) is 4.79. The number of anilines is 2. The zero-order valence-corrected chi connectivity index (χ0v) is 18.4. The Morgan fingerprint density at radius 1 is 0.939 bits per heavy atom. The summed E-state index contributed by atoms with van der Waals surface area (Å²) >= 11 is 5.15. The lowest BCUT2D eigenvalue weighted by Crippen LogP contribution is -2.50. The summed E-state index contributed by atoms with van der Waals surface area (Å²) in [6.45, 7) is 4.26. The van der Waals surface area contributed by atoms with Gasteiger partial charge in [-0.3, -0.25) is 0 Å². The van der Waals surface area contributed by atoms with Gasteiger partial charge in [0.15, 0.2) is 5.11 Å². The fraction of sp³-hybridized carbons (Fsp3) is 0.333. The molecule has 0 bridgehead atoms. The zero-order valence-electron chi connectivity index (χ0n) is 17.5. The number of rotatable bonds is 5. The average Bonchev–Trinajstić information content (AvgIpc) is 2.68. The first-order valence-electron chi connectivity index (χ1n) is 9.41. The highest BCUT2D eigenvalue weighted by Gasteiger charge is 2.73. The van der Waals surface area contributed by atoms with Crippen molar-refractivity contribution in [1.29, 1.82) is 0 Å². The summed E-state index contributed by atoms with van der Waals surface area (Å²) in [5.74, 6) is -0.564. The maximum absolute atomic E-state index is 14.4. The van der Waals surface area contributed by atoms with Crippen LogP contribution in [0.2, 0.25) is 0 Å². The highest BCUT2D eigenvalue weighted by atomic mass is 32.1. The molecule has 33 heavy (non-hydrogen) atoms. The number of nitrogens with one attached hydrogen (secondary N) is 2. The number of halogens is 7. The molecular formula is C21H19F7N2O2S. The minimum Gasteiger partial charge on any atom is -0.462 e. The molecule has 0 saturated carbocycles. The van der Waals surface area contributed by atoms with Crippen LogP contribution in [0.25, 0.3) is 0 Å². The van der Waals surface area contributed by atoms with Gasteiger partial charge in [-0.25, -0.2) is 9.18 Å². The molecule has 0 saturated heterocycles. The first-order chi connectivity index (χ1) is 15.1. The van der Waals surface area contributed by atoms with Gasteiger partial charge in [0.2, 0.25) is 0 Å². The first-order valence-corrected chi connectivity index (χ1v) is 9.82. The van der Waals surface area contributed by atoms with Crippen LogP contribution in [-0.4, -0.2) is 30.0 Å². The highest BCUT2D eigenvalue weighted by molar-refractivity contribution is 7.80. The van der Waals surface area contributed by atoms with E-state index in [1.165, 1.54) is 26.0 Å². The topological polar surface area (TPSA) is 50.4 Å². The predicted octanol–water partition coefficient (Wildman–Crippen LogP) is 6.58. The summed E-state index contributed by atoms with van der Waals surface area (Å²) in [5, 5.41) is 5.37. The number of alkyl halides is 7. The molecule has 0 aliphatic heterocycles. The summed E-state index contributed by atoms with van der Waals surface area (Å²) in [5.41, 5.74) is -6.58. The number of carbonyl (C=O) groups is 1. The summed E-state index contributed by atoms with van der Waals surface area (Å²) < 4.78 is 97.7. The third-order valence-electron chi connectivity index (χ3n) is 4.58. The van der Waals surface area contributed by atoms with Gasteiger partial charge < -0.3 is 15.4 Å². The highest BCUT2D eigenvalue weighted by Crippen LogP contribution is 2.53. The number of thiocarbonyl (C=S) groups is 1. The van der Waals surface area contributed by atoms with Crippen LogP contribution in [-0.2, 0) is 10.4 Å². The third kappa shape index (κ3) is 5.55. The Hall–Kier alpha value is -2.89. The zero-order chi connectivity index (χ0) is 25.2. The second kappa shape index (κ2) is 9.54. The number of carbonyl (C=O) groups excluding carboxylic acids is 1. The molecule has 2 aromatic carbocycles. The molecule has 0 aliphatic rings. The molecule has 2 N–H and O–H groups in total. The van der Waals surface area contributed by atoms with E-state index in [0.29, 0.717) is 17.8 Å². The van der Waals surface area contributed by atoms with Gasteiger partial charge in [-0.1, -0.05) is 18.2 Å². The van der Waals surface area contributed by atoms with Gasteiger partial charge in [-0.2, -0.15) is 26.3 Å². The van der Waals surface area contributed by atoms with Crippen LogP contribution in [0.3, 0.4) is 0 Å². The minimum atomic E-state index is -6.21. The SMILES string of the molecule is CCOC(=O)c1cccc(NC(=S)Nc2c(C)cc(C(F)(C(F)(F)F)C(F)(F)F)cc2C)c1. The van der Waals surface area contributed by atoms with Crippen molar-refractivity contribution >= 4 is 34.7 Å². The van der Waals surface area contributed by atoms with Crippen molar-refractivity contribution in [2.75, 3.05) is 17.2 Å². The van der Waals surface area contributed by atoms with Crippen LogP contribution < -0.4 is 10.6 Å². The molecule has 0 aliphatic carbocycles. The van der Waals surface area contributed by atoms with Crippen LogP contribution in [0.1, 0.15) is 34.0 Å². The van der Waals surface area contributed by atoms with Gasteiger partial charge in [0, 0.05) is 16.9 Å². The molecule has 0 aromatic heterocycles. The van der Waals surface area contributed by atoms with Crippen molar-refractivity contribution in [3.8, 4) is 0 Å². The monoisotopic (exact) mass is 496 g/mol. The van der Waals surface area contributed by atoms with Crippen LogP contribution in [0, 0.1) is 13.8 Å². The number of benzene rings is 2. The number of ether oxygens (including phenoxy) is 1. The largest absolute Gasteiger partial charge is 0.462 e. The Bertz CT molecular complexity index is 1010. The Morgan fingerprint density at radius 3 is 1.97 bits per heavy atom. The number of esters is 1. The van der Waals surface area contributed by atoms with Gasteiger partial charge in [0.05, 0.1) is 12.2 Å². The molecule has 12 heteroatoms. The normalized spacial score (nSPS) is 12.3. The fourth-order valence-corrected chi connectivity index (χ4v) is 3.28. The Morgan fingerprint density at radius 2 is 1.48 bits per heavy atom. The summed E-state index contributed by atoms with van der Waals surface area (Å²) in [6, 6.07) is 7.03. The smallest absolute Gasteiger partial charge is 0.435 e.